The quantitative estimate of drug-likeness (QED) is 0.289. The summed E-state index contributed by atoms with van der Waals surface area (Å²) in [4.78, 5) is 0. The monoisotopic (exact) mass is 180 g/mol. The summed E-state index contributed by atoms with van der Waals surface area (Å²) < 4.78 is 23.0. The fraction of sp³-hybridized carbons (Fsp3) is 1.00. The summed E-state index contributed by atoms with van der Waals surface area (Å²) in [5, 5.41) is 0. The molecule has 0 rings (SSSR count). The predicted molar refractivity (Wildman–Crippen MR) is 28.5 cm³/mol. The van der Waals surface area contributed by atoms with Gasteiger partial charge >= 0.3 is 51.4 Å². The van der Waals surface area contributed by atoms with Crippen LogP contribution in [0, 0.1) is 0 Å². The first kappa shape index (κ1) is 12.6. The maximum Gasteiger partial charge on any atom is 1.00 e. The van der Waals surface area contributed by atoms with Crippen molar-refractivity contribution in [3.63, 3.8) is 0 Å². The molecule has 0 N–H and O–H groups in total. The molecule has 0 atom stereocenters. The second kappa shape index (κ2) is 8.90. The van der Waals surface area contributed by atoms with Crippen molar-refractivity contribution < 1.29 is 64.0 Å². The Hall–Kier alpha value is 1.90. The summed E-state index contributed by atoms with van der Waals surface area (Å²) in [6.07, 6.45) is 0. The molecular formula is C2H5KO3S2. The van der Waals surface area contributed by atoms with Crippen LogP contribution in [0.3, 0.4) is 0 Å². The fourth-order valence-corrected chi connectivity index (χ4v) is 0.540. The number of thiol groups is 1. The third-order valence-corrected chi connectivity index (χ3v) is 0.813. The minimum Gasteiger partial charge on any atom is -0.423 e. The van der Waals surface area contributed by atoms with Crippen molar-refractivity contribution in [1.29, 1.82) is 0 Å². The van der Waals surface area contributed by atoms with Crippen LogP contribution in [0.1, 0.15) is 0 Å². The smallest absolute Gasteiger partial charge is 0.423 e. The Morgan fingerprint density at radius 1 is 1.50 bits per heavy atom. The Morgan fingerprint density at radius 2 is 2.00 bits per heavy atom. The van der Waals surface area contributed by atoms with E-state index in [0.29, 0.717) is 5.75 Å². The van der Waals surface area contributed by atoms with Gasteiger partial charge in [-0.2, -0.15) is 12.6 Å². The standard InChI is InChI=1S/C2H5O3S2.K/c3-7(4)5-1-2-6;/h6H,1-2H2;/q-1;+1. The molecule has 0 aromatic rings. The molecule has 6 heteroatoms. The van der Waals surface area contributed by atoms with E-state index in [9.17, 15) is 8.42 Å². The molecule has 0 amide bonds. The molecule has 0 radical (unpaired) electrons. The third kappa shape index (κ3) is 10.8. The van der Waals surface area contributed by atoms with Gasteiger partial charge in [0.15, 0.2) is 0 Å². The molecule has 0 unspecified atom stereocenters. The second-order valence-electron chi connectivity index (χ2n) is 0.750. The molecule has 0 aliphatic carbocycles. The van der Waals surface area contributed by atoms with E-state index in [4.69, 9.17) is 0 Å². The topological polar surface area (TPSA) is 43.4 Å². The van der Waals surface area contributed by atoms with Crippen molar-refractivity contribution in [2.24, 2.45) is 0 Å². The SMILES string of the molecule is O=[S-](=O)OCCS.[K+]. The summed E-state index contributed by atoms with van der Waals surface area (Å²) in [6.45, 7) is 0.152. The van der Waals surface area contributed by atoms with E-state index in [1.165, 1.54) is 0 Å². The van der Waals surface area contributed by atoms with Gasteiger partial charge < -0.3 is 12.6 Å². The van der Waals surface area contributed by atoms with Gasteiger partial charge in [-0.25, -0.2) is 0 Å². The van der Waals surface area contributed by atoms with E-state index in [-0.39, 0.29) is 58.0 Å². The molecule has 0 aliphatic heterocycles. The van der Waals surface area contributed by atoms with E-state index in [0.717, 1.165) is 0 Å². The molecule has 44 valence electrons. The zero-order chi connectivity index (χ0) is 5.70. The van der Waals surface area contributed by atoms with Crippen LogP contribution < -0.4 is 51.4 Å². The van der Waals surface area contributed by atoms with Gasteiger partial charge in [-0.15, -0.1) is 0 Å². The van der Waals surface area contributed by atoms with Crippen LogP contribution >= 0.6 is 12.6 Å². The van der Waals surface area contributed by atoms with Crippen LogP contribution in [0.25, 0.3) is 0 Å². The van der Waals surface area contributed by atoms with E-state index < -0.39 is 11.0 Å². The molecule has 3 nitrogen and oxygen atoms in total. The Kier molecular flexibility index (Phi) is 14.0. The van der Waals surface area contributed by atoms with Crippen LogP contribution in [-0.4, -0.2) is 12.4 Å². The molecule has 0 saturated heterocycles. The van der Waals surface area contributed by atoms with E-state index in [2.05, 4.69) is 16.8 Å². The number of rotatable bonds is 3. The summed E-state index contributed by atoms with van der Waals surface area (Å²) in [6, 6.07) is 0. The number of hydrogen-bond acceptors (Lipinski definition) is 5. The van der Waals surface area contributed by atoms with Crippen LogP contribution in [0.4, 0.5) is 0 Å². The molecule has 0 fully saturated rings. The first-order valence-corrected chi connectivity index (χ1v) is 3.24. The fourth-order valence-electron chi connectivity index (χ4n) is 0.105. The molecule has 0 heterocycles. The number of hydrogen-bond donors (Lipinski definition) is 1. The average Bonchev–Trinajstić information content (AvgIpc) is 1.61. The summed E-state index contributed by atoms with van der Waals surface area (Å²) in [5.41, 5.74) is 0. The largest absolute Gasteiger partial charge is 1.00 e. The molecule has 0 saturated carbocycles. The van der Waals surface area contributed by atoms with Gasteiger partial charge in [0.2, 0.25) is 0 Å². The van der Waals surface area contributed by atoms with Gasteiger partial charge in [0.1, 0.15) is 0 Å². The Morgan fingerprint density at radius 3 is 2.12 bits per heavy atom. The molecular weight excluding hydrogens is 175 g/mol. The zero-order valence-corrected chi connectivity index (χ0v) is 9.33. The van der Waals surface area contributed by atoms with Crippen molar-refractivity contribution in [2.75, 3.05) is 12.4 Å². The van der Waals surface area contributed by atoms with Gasteiger partial charge in [0, 0.05) is 12.4 Å². The van der Waals surface area contributed by atoms with Crippen molar-refractivity contribution in [3.05, 3.63) is 0 Å². The molecule has 0 spiro atoms. The van der Waals surface area contributed by atoms with E-state index in [1.54, 1.807) is 0 Å². The van der Waals surface area contributed by atoms with Crippen LogP contribution in [0.2, 0.25) is 0 Å². The normalized spacial score (nSPS) is 8.75. The maximum absolute atomic E-state index is 9.50. The minimum atomic E-state index is -2.36. The van der Waals surface area contributed by atoms with Gasteiger partial charge in [-0.1, -0.05) is 0 Å². The maximum atomic E-state index is 9.50. The Balaban J connectivity index is 0. The van der Waals surface area contributed by atoms with Gasteiger partial charge in [-0.05, 0) is 0 Å². The zero-order valence-electron chi connectivity index (χ0n) is 4.49. The van der Waals surface area contributed by atoms with Gasteiger partial charge in [-0.3, -0.25) is 0 Å². The molecule has 0 aliphatic rings. The van der Waals surface area contributed by atoms with Crippen LogP contribution in [-0.2, 0) is 23.6 Å². The predicted octanol–water partition coefficient (Wildman–Crippen LogP) is -2.84. The first-order chi connectivity index (χ1) is 3.27. The Bertz CT molecular complexity index is 93.5. The molecule has 0 aromatic carbocycles. The van der Waals surface area contributed by atoms with Crippen molar-refractivity contribution >= 4 is 23.6 Å². The third-order valence-electron chi connectivity index (χ3n) is 0.271. The summed E-state index contributed by atoms with van der Waals surface area (Å²) >= 11 is 3.70. The van der Waals surface area contributed by atoms with E-state index >= 15 is 0 Å². The van der Waals surface area contributed by atoms with Gasteiger partial charge in [0.05, 0.1) is 11.0 Å². The van der Waals surface area contributed by atoms with Crippen LogP contribution in [0.15, 0.2) is 0 Å². The Labute approximate surface area is 98.2 Å². The molecule has 0 aromatic heterocycles. The van der Waals surface area contributed by atoms with Crippen molar-refractivity contribution in [2.45, 2.75) is 0 Å². The van der Waals surface area contributed by atoms with Gasteiger partial charge in [0.25, 0.3) is 0 Å². The molecule has 0 bridgehead atoms. The summed E-state index contributed by atoms with van der Waals surface area (Å²) in [7, 11) is -2.36. The first-order valence-electron chi connectivity index (χ1n) is 1.60. The minimum absolute atomic E-state index is 0. The van der Waals surface area contributed by atoms with Crippen molar-refractivity contribution in [1.82, 2.24) is 0 Å². The average molecular weight is 180 g/mol. The van der Waals surface area contributed by atoms with Crippen LogP contribution in [0.5, 0.6) is 0 Å². The van der Waals surface area contributed by atoms with E-state index in [1.807, 2.05) is 0 Å². The molecule has 8 heavy (non-hydrogen) atoms. The second-order valence-corrected chi connectivity index (χ2v) is 1.84. The summed E-state index contributed by atoms with van der Waals surface area (Å²) in [5.74, 6) is 0.425. The van der Waals surface area contributed by atoms with Crippen molar-refractivity contribution in [3.8, 4) is 0 Å².